The number of nitrogens with one attached hydrogen (secondary N) is 1. The number of aryl methyl sites for hydroxylation is 1. The van der Waals surface area contributed by atoms with Crippen molar-refractivity contribution in [3.63, 3.8) is 0 Å². The van der Waals surface area contributed by atoms with Crippen molar-refractivity contribution in [2.24, 2.45) is 0 Å². The highest BCUT2D eigenvalue weighted by molar-refractivity contribution is 6.02. The summed E-state index contributed by atoms with van der Waals surface area (Å²) < 4.78 is 10.0. The number of hydrogen-bond acceptors (Lipinski definition) is 5. The van der Waals surface area contributed by atoms with E-state index in [2.05, 4.69) is 15.2 Å². The molecule has 6 heteroatoms. The van der Waals surface area contributed by atoms with Crippen LogP contribution in [0.4, 0.5) is 5.69 Å². The lowest BCUT2D eigenvalue weighted by Crippen LogP contribution is -2.08. The lowest BCUT2D eigenvalue weighted by Gasteiger charge is -2.03. The monoisotopic (exact) mass is 362 g/mol. The molecule has 0 fully saturated rings. The molecule has 0 atom stereocenters. The van der Waals surface area contributed by atoms with Gasteiger partial charge in [-0.3, -0.25) is 4.79 Å². The first kappa shape index (κ1) is 18.1. The summed E-state index contributed by atoms with van der Waals surface area (Å²) in [4.78, 5) is 23.6. The normalized spacial score (nSPS) is 10.7. The van der Waals surface area contributed by atoms with Crippen molar-refractivity contribution in [3.05, 3.63) is 77.5 Å². The average Bonchev–Trinajstić information content (AvgIpc) is 3.07. The fourth-order valence-electron chi connectivity index (χ4n) is 2.52. The number of ether oxygens (including phenoxy) is 1. The Morgan fingerprint density at radius 3 is 2.44 bits per heavy atom. The molecule has 0 radical (unpaired) electrons. The van der Waals surface area contributed by atoms with Crippen LogP contribution < -0.4 is 5.32 Å². The Kier molecular flexibility index (Phi) is 5.47. The zero-order valence-corrected chi connectivity index (χ0v) is 14.9. The van der Waals surface area contributed by atoms with Crippen molar-refractivity contribution in [1.29, 1.82) is 0 Å². The molecular weight excluding hydrogens is 344 g/mol. The Bertz CT molecular complexity index is 973. The third-order valence-electron chi connectivity index (χ3n) is 3.92. The Labute approximate surface area is 156 Å². The molecule has 6 nitrogen and oxygen atoms in total. The van der Waals surface area contributed by atoms with Crippen LogP contribution in [0.3, 0.4) is 0 Å². The zero-order chi connectivity index (χ0) is 19.2. The molecule has 2 aromatic carbocycles. The van der Waals surface area contributed by atoms with Crippen molar-refractivity contribution in [3.8, 4) is 11.3 Å². The standard InChI is InChI=1S/C21H18N2O4/c1-14-18(20(27-23-14)15-6-4-3-5-7-15)12-13-19(24)22-17-10-8-16(9-11-17)21(25)26-2/h3-13H,1-2H3,(H,22,24). The SMILES string of the molecule is COC(=O)c1ccc(NC(=O)C=Cc2c(C)noc2-c2ccccc2)cc1. The maximum atomic E-state index is 12.2. The summed E-state index contributed by atoms with van der Waals surface area (Å²) >= 11 is 0. The van der Waals surface area contributed by atoms with E-state index in [1.165, 1.54) is 13.2 Å². The van der Waals surface area contributed by atoms with Gasteiger partial charge in [0.25, 0.3) is 0 Å². The summed E-state index contributed by atoms with van der Waals surface area (Å²) in [5.41, 5.74) is 3.32. The smallest absolute Gasteiger partial charge is 0.337 e. The first-order valence-electron chi connectivity index (χ1n) is 8.27. The van der Waals surface area contributed by atoms with E-state index in [1.807, 2.05) is 37.3 Å². The van der Waals surface area contributed by atoms with E-state index in [4.69, 9.17) is 4.52 Å². The first-order chi connectivity index (χ1) is 13.1. The van der Waals surface area contributed by atoms with Gasteiger partial charge in [0.05, 0.1) is 18.4 Å². The van der Waals surface area contributed by atoms with Crippen LogP contribution in [0.15, 0.2) is 65.2 Å². The number of amides is 1. The molecule has 136 valence electrons. The summed E-state index contributed by atoms with van der Waals surface area (Å²) in [5, 5.41) is 6.73. The molecule has 0 aliphatic carbocycles. The lowest BCUT2D eigenvalue weighted by molar-refractivity contribution is -0.111. The summed E-state index contributed by atoms with van der Waals surface area (Å²) in [7, 11) is 1.32. The van der Waals surface area contributed by atoms with Crippen LogP contribution in [0, 0.1) is 6.92 Å². The van der Waals surface area contributed by atoms with Gasteiger partial charge in [0.15, 0.2) is 5.76 Å². The molecule has 3 rings (SSSR count). The Balaban J connectivity index is 1.72. The summed E-state index contributed by atoms with van der Waals surface area (Å²) in [6.07, 6.45) is 3.09. The van der Waals surface area contributed by atoms with Gasteiger partial charge in [-0.05, 0) is 37.3 Å². The van der Waals surface area contributed by atoms with Gasteiger partial charge in [0, 0.05) is 22.9 Å². The number of aromatic nitrogens is 1. The van der Waals surface area contributed by atoms with E-state index in [9.17, 15) is 9.59 Å². The number of esters is 1. The number of hydrogen-bond donors (Lipinski definition) is 1. The third kappa shape index (κ3) is 4.30. The highest BCUT2D eigenvalue weighted by Crippen LogP contribution is 2.27. The zero-order valence-electron chi connectivity index (χ0n) is 14.9. The van der Waals surface area contributed by atoms with Crippen LogP contribution in [0.5, 0.6) is 0 Å². The summed E-state index contributed by atoms with van der Waals surface area (Å²) in [6, 6.07) is 16.0. The topological polar surface area (TPSA) is 81.4 Å². The van der Waals surface area contributed by atoms with E-state index >= 15 is 0 Å². The Morgan fingerprint density at radius 2 is 1.78 bits per heavy atom. The number of carbonyl (C=O) groups is 2. The number of anilines is 1. The van der Waals surface area contributed by atoms with Gasteiger partial charge in [-0.1, -0.05) is 35.5 Å². The minimum Gasteiger partial charge on any atom is -0.465 e. The molecule has 0 aliphatic heterocycles. The van der Waals surface area contributed by atoms with E-state index in [-0.39, 0.29) is 5.91 Å². The molecule has 1 aromatic heterocycles. The molecule has 0 unspecified atom stereocenters. The van der Waals surface area contributed by atoms with Crippen LogP contribution in [0.25, 0.3) is 17.4 Å². The van der Waals surface area contributed by atoms with Crippen LogP contribution in [-0.4, -0.2) is 24.1 Å². The van der Waals surface area contributed by atoms with Crippen molar-refractivity contribution >= 4 is 23.6 Å². The minimum absolute atomic E-state index is 0.305. The molecule has 0 spiro atoms. The second-order valence-corrected chi connectivity index (χ2v) is 5.77. The summed E-state index contributed by atoms with van der Waals surface area (Å²) in [5.74, 6) is -0.121. The second kappa shape index (κ2) is 8.14. The van der Waals surface area contributed by atoms with Gasteiger partial charge in [0.2, 0.25) is 5.91 Å². The molecule has 0 saturated carbocycles. The van der Waals surface area contributed by atoms with Gasteiger partial charge in [0.1, 0.15) is 0 Å². The largest absolute Gasteiger partial charge is 0.465 e. The van der Waals surface area contributed by atoms with Gasteiger partial charge in [-0.15, -0.1) is 0 Å². The molecule has 1 N–H and O–H groups in total. The van der Waals surface area contributed by atoms with Crippen molar-refractivity contribution in [1.82, 2.24) is 5.16 Å². The third-order valence-corrected chi connectivity index (χ3v) is 3.92. The lowest BCUT2D eigenvalue weighted by atomic mass is 10.1. The first-order valence-corrected chi connectivity index (χ1v) is 8.27. The maximum Gasteiger partial charge on any atom is 0.337 e. The average molecular weight is 362 g/mol. The van der Waals surface area contributed by atoms with Crippen LogP contribution >= 0.6 is 0 Å². The predicted octanol–water partition coefficient (Wildman–Crippen LogP) is 4.09. The Hall–Kier alpha value is -3.67. The van der Waals surface area contributed by atoms with Crippen LogP contribution in [-0.2, 0) is 9.53 Å². The van der Waals surface area contributed by atoms with Crippen molar-refractivity contribution < 1.29 is 18.8 Å². The summed E-state index contributed by atoms with van der Waals surface area (Å²) in [6.45, 7) is 1.82. The van der Waals surface area contributed by atoms with Gasteiger partial charge >= 0.3 is 5.97 Å². The quantitative estimate of drug-likeness (QED) is 0.546. The van der Waals surface area contributed by atoms with Gasteiger partial charge in [-0.25, -0.2) is 4.79 Å². The molecule has 1 heterocycles. The van der Waals surface area contributed by atoms with E-state index < -0.39 is 5.97 Å². The molecule has 3 aromatic rings. The molecule has 27 heavy (non-hydrogen) atoms. The number of nitrogens with zero attached hydrogens (tertiary/aromatic N) is 1. The predicted molar refractivity (Wildman–Crippen MR) is 102 cm³/mol. The van der Waals surface area contributed by atoms with Crippen molar-refractivity contribution in [2.75, 3.05) is 12.4 Å². The van der Waals surface area contributed by atoms with E-state index in [0.29, 0.717) is 22.7 Å². The maximum absolute atomic E-state index is 12.2. The van der Waals surface area contributed by atoms with Crippen LogP contribution in [0.2, 0.25) is 0 Å². The molecular formula is C21H18N2O4. The minimum atomic E-state index is -0.427. The number of carbonyl (C=O) groups excluding carboxylic acids is 2. The molecule has 0 aliphatic rings. The van der Waals surface area contributed by atoms with E-state index in [0.717, 1.165) is 11.1 Å². The fraction of sp³-hybridized carbons (Fsp3) is 0.0952. The van der Waals surface area contributed by atoms with Gasteiger partial charge < -0.3 is 14.6 Å². The molecule has 0 bridgehead atoms. The number of methoxy groups -OCH3 is 1. The van der Waals surface area contributed by atoms with Crippen molar-refractivity contribution in [2.45, 2.75) is 6.92 Å². The highest BCUT2D eigenvalue weighted by atomic mass is 16.5. The second-order valence-electron chi connectivity index (χ2n) is 5.77. The highest BCUT2D eigenvalue weighted by Gasteiger charge is 2.12. The number of rotatable bonds is 5. The van der Waals surface area contributed by atoms with Crippen LogP contribution in [0.1, 0.15) is 21.6 Å². The number of benzene rings is 2. The van der Waals surface area contributed by atoms with E-state index in [1.54, 1.807) is 30.3 Å². The molecule has 1 amide bonds. The van der Waals surface area contributed by atoms with Gasteiger partial charge in [-0.2, -0.15) is 0 Å². The molecule has 0 saturated heterocycles. The Morgan fingerprint density at radius 1 is 1.07 bits per heavy atom. The fourth-order valence-corrected chi connectivity index (χ4v) is 2.52.